The summed E-state index contributed by atoms with van der Waals surface area (Å²) in [5, 5.41) is 5.88. The summed E-state index contributed by atoms with van der Waals surface area (Å²) in [6.45, 7) is 2.95. The Labute approximate surface area is 111 Å². The predicted molar refractivity (Wildman–Crippen MR) is 74.5 cm³/mol. The number of para-hydroxylation sites is 1. The van der Waals surface area contributed by atoms with Crippen LogP contribution in [0.1, 0.15) is 10.4 Å². The molecule has 0 amide bonds. The SMILES string of the molecule is Cc1ccccc1OCCON=Cc1cccs1. The fraction of sp³-hybridized carbons (Fsp3) is 0.214. The molecule has 4 heteroatoms. The van der Waals surface area contributed by atoms with Crippen LogP contribution in [0.2, 0.25) is 0 Å². The summed E-state index contributed by atoms with van der Waals surface area (Å²) in [7, 11) is 0. The third-order valence-corrected chi connectivity index (χ3v) is 3.13. The zero-order valence-corrected chi connectivity index (χ0v) is 11.0. The highest BCUT2D eigenvalue weighted by Crippen LogP contribution is 2.15. The van der Waals surface area contributed by atoms with E-state index in [1.807, 2.05) is 48.7 Å². The lowest BCUT2D eigenvalue weighted by Crippen LogP contribution is -2.04. The van der Waals surface area contributed by atoms with E-state index in [0.29, 0.717) is 13.2 Å². The fourth-order valence-corrected chi connectivity index (χ4v) is 1.99. The van der Waals surface area contributed by atoms with E-state index < -0.39 is 0 Å². The summed E-state index contributed by atoms with van der Waals surface area (Å²) in [6, 6.07) is 11.9. The number of ether oxygens (including phenoxy) is 1. The summed E-state index contributed by atoms with van der Waals surface area (Å²) in [4.78, 5) is 6.20. The molecule has 2 aromatic rings. The molecule has 0 fully saturated rings. The number of rotatable bonds is 6. The molecule has 0 aliphatic rings. The van der Waals surface area contributed by atoms with Gasteiger partial charge in [-0.2, -0.15) is 0 Å². The van der Waals surface area contributed by atoms with E-state index in [0.717, 1.165) is 16.2 Å². The minimum atomic E-state index is 0.441. The predicted octanol–water partition coefficient (Wildman–Crippen LogP) is 3.49. The Bertz CT molecular complexity index is 494. The van der Waals surface area contributed by atoms with Gasteiger partial charge in [0.15, 0.2) is 6.61 Å². The lowest BCUT2D eigenvalue weighted by molar-refractivity contribution is 0.108. The van der Waals surface area contributed by atoms with Gasteiger partial charge < -0.3 is 9.57 Å². The third-order valence-electron chi connectivity index (χ3n) is 2.32. The first-order valence-corrected chi connectivity index (χ1v) is 6.61. The van der Waals surface area contributed by atoms with E-state index in [1.165, 1.54) is 0 Å². The molecular formula is C14H15NO2S. The van der Waals surface area contributed by atoms with Crippen molar-refractivity contribution in [3.63, 3.8) is 0 Å². The van der Waals surface area contributed by atoms with E-state index in [4.69, 9.17) is 9.57 Å². The Balaban J connectivity index is 1.66. The standard InChI is InChI=1S/C14H15NO2S/c1-12-5-2-3-7-14(12)16-8-9-17-15-11-13-6-4-10-18-13/h2-7,10-11H,8-9H2,1H3. The van der Waals surface area contributed by atoms with Crippen LogP contribution in [-0.2, 0) is 4.84 Å². The molecule has 0 radical (unpaired) electrons. The summed E-state index contributed by atoms with van der Waals surface area (Å²) in [5.74, 6) is 0.892. The van der Waals surface area contributed by atoms with E-state index in [1.54, 1.807) is 17.6 Å². The maximum absolute atomic E-state index is 5.58. The van der Waals surface area contributed by atoms with Crippen LogP contribution >= 0.6 is 11.3 Å². The molecule has 94 valence electrons. The van der Waals surface area contributed by atoms with Crippen LogP contribution in [0.3, 0.4) is 0 Å². The van der Waals surface area contributed by atoms with Crippen LogP contribution in [0.4, 0.5) is 0 Å². The molecule has 0 saturated carbocycles. The van der Waals surface area contributed by atoms with Gasteiger partial charge in [-0.3, -0.25) is 0 Å². The van der Waals surface area contributed by atoms with E-state index in [2.05, 4.69) is 5.16 Å². The number of thiophene rings is 1. The zero-order chi connectivity index (χ0) is 12.6. The summed E-state index contributed by atoms with van der Waals surface area (Å²) < 4.78 is 5.58. The van der Waals surface area contributed by atoms with Crippen molar-refractivity contribution in [1.29, 1.82) is 0 Å². The smallest absolute Gasteiger partial charge is 0.151 e. The van der Waals surface area contributed by atoms with Crippen LogP contribution in [0, 0.1) is 6.92 Å². The maximum Gasteiger partial charge on any atom is 0.151 e. The van der Waals surface area contributed by atoms with Crippen molar-refractivity contribution in [2.24, 2.45) is 5.16 Å². The molecule has 0 aliphatic carbocycles. The topological polar surface area (TPSA) is 30.8 Å². The summed E-state index contributed by atoms with van der Waals surface area (Å²) >= 11 is 1.62. The van der Waals surface area contributed by atoms with Gasteiger partial charge in [-0.05, 0) is 30.0 Å². The zero-order valence-electron chi connectivity index (χ0n) is 10.2. The summed E-state index contributed by atoms with van der Waals surface area (Å²) in [6.07, 6.45) is 1.71. The molecule has 3 nitrogen and oxygen atoms in total. The average molecular weight is 261 g/mol. The Morgan fingerprint density at radius 1 is 1.17 bits per heavy atom. The van der Waals surface area contributed by atoms with Gasteiger partial charge in [0.2, 0.25) is 0 Å². The highest BCUT2D eigenvalue weighted by molar-refractivity contribution is 7.11. The largest absolute Gasteiger partial charge is 0.490 e. The minimum Gasteiger partial charge on any atom is -0.490 e. The minimum absolute atomic E-state index is 0.441. The molecule has 0 saturated heterocycles. The lowest BCUT2D eigenvalue weighted by Gasteiger charge is -2.07. The van der Waals surface area contributed by atoms with Gasteiger partial charge in [0.05, 0.1) is 6.21 Å². The van der Waals surface area contributed by atoms with Gasteiger partial charge in [0.1, 0.15) is 12.4 Å². The number of hydrogen-bond donors (Lipinski definition) is 0. The first-order valence-electron chi connectivity index (χ1n) is 5.73. The van der Waals surface area contributed by atoms with Crippen LogP contribution in [0.5, 0.6) is 5.75 Å². The van der Waals surface area contributed by atoms with Crippen molar-refractivity contribution < 1.29 is 9.57 Å². The monoisotopic (exact) mass is 261 g/mol. The molecule has 0 unspecified atom stereocenters. The summed E-state index contributed by atoms with van der Waals surface area (Å²) in [5.41, 5.74) is 1.12. The van der Waals surface area contributed by atoms with Crippen LogP contribution in [0.15, 0.2) is 46.9 Å². The van der Waals surface area contributed by atoms with Gasteiger partial charge in [-0.25, -0.2) is 0 Å². The average Bonchev–Trinajstić information content (AvgIpc) is 2.89. The van der Waals surface area contributed by atoms with Crippen molar-refractivity contribution in [3.8, 4) is 5.75 Å². The first-order chi connectivity index (χ1) is 8.86. The van der Waals surface area contributed by atoms with E-state index >= 15 is 0 Å². The molecule has 0 atom stereocenters. The maximum atomic E-state index is 5.58. The Hall–Kier alpha value is -1.81. The lowest BCUT2D eigenvalue weighted by atomic mass is 10.2. The van der Waals surface area contributed by atoms with Crippen molar-refractivity contribution >= 4 is 17.6 Å². The van der Waals surface area contributed by atoms with Gasteiger partial charge in [-0.1, -0.05) is 29.4 Å². The van der Waals surface area contributed by atoms with Gasteiger partial charge >= 0.3 is 0 Å². The van der Waals surface area contributed by atoms with Crippen molar-refractivity contribution in [3.05, 3.63) is 52.2 Å². The van der Waals surface area contributed by atoms with E-state index in [9.17, 15) is 0 Å². The Morgan fingerprint density at radius 2 is 2.06 bits per heavy atom. The van der Waals surface area contributed by atoms with Gasteiger partial charge in [0.25, 0.3) is 0 Å². The van der Waals surface area contributed by atoms with Crippen molar-refractivity contribution in [1.82, 2.24) is 0 Å². The molecule has 18 heavy (non-hydrogen) atoms. The number of benzene rings is 1. The quantitative estimate of drug-likeness (QED) is 0.453. The molecule has 0 bridgehead atoms. The second kappa shape index (κ2) is 6.81. The van der Waals surface area contributed by atoms with E-state index in [-0.39, 0.29) is 0 Å². The molecule has 0 N–H and O–H groups in total. The third kappa shape index (κ3) is 3.89. The molecule has 0 spiro atoms. The molecular weight excluding hydrogens is 246 g/mol. The first kappa shape index (κ1) is 12.6. The highest BCUT2D eigenvalue weighted by Gasteiger charge is 1.96. The van der Waals surface area contributed by atoms with Crippen LogP contribution < -0.4 is 4.74 Å². The van der Waals surface area contributed by atoms with Gasteiger partial charge in [0, 0.05) is 4.88 Å². The Morgan fingerprint density at radius 3 is 2.83 bits per heavy atom. The Kier molecular flexibility index (Phi) is 4.78. The molecule has 0 aliphatic heterocycles. The molecule has 1 aromatic carbocycles. The molecule has 1 heterocycles. The molecule has 2 rings (SSSR count). The normalized spacial score (nSPS) is 10.7. The number of nitrogens with zero attached hydrogens (tertiary/aromatic N) is 1. The van der Waals surface area contributed by atoms with Crippen LogP contribution in [-0.4, -0.2) is 19.4 Å². The number of aryl methyl sites for hydroxylation is 1. The second-order valence-electron chi connectivity index (χ2n) is 3.70. The van der Waals surface area contributed by atoms with Crippen LogP contribution in [0.25, 0.3) is 0 Å². The van der Waals surface area contributed by atoms with Gasteiger partial charge in [-0.15, -0.1) is 11.3 Å². The second-order valence-corrected chi connectivity index (χ2v) is 4.68. The fourth-order valence-electron chi connectivity index (χ4n) is 1.41. The highest BCUT2D eigenvalue weighted by atomic mass is 32.1. The van der Waals surface area contributed by atoms with Crippen molar-refractivity contribution in [2.75, 3.05) is 13.2 Å². The number of oxime groups is 1. The number of hydrogen-bond acceptors (Lipinski definition) is 4. The van der Waals surface area contributed by atoms with Crippen molar-refractivity contribution in [2.45, 2.75) is 6.92 Å². The molecule has 1 aromatic heterocycles.